The number of nitro benzene ring substituents is 1. The van der Waals surface area contributed by atoms with Gasteiger partial charge in [0.25, 0.3) is 5.69 Å². The van der Waals surface area contributed by atoms with E-state index in [1.165, 1.54) is 12.1 Å². The van der Waals surface area contributed by atoms with E-state index >= 15 is 0 Å². The van der Waals surface area contributed by atoms with Gasteiger partial charge in [0.1, 0.15) is 0 Å². The van der Waals surface area contributed by atoms with Crippen LogP contribution >= 0.6 is 0 Å². The Labute approximate surface area is 175 Å². The van der Waals surface area contributed by atoms with Gasteiger partial charge in [-0.05, 0) is 39.3 Å². The predicted molar refractivity (Wildman–Crippen MR) is 112 cm³/mol. The number of hydrogen-bond donors (Lipinski definition) is 2. The zero-order chi connectivity index (χ0) is 23.0. The Kier molecular flexibility index (Phi) is 6.25. The minimum Gasteiger partial charge on any atom is -0.478 e. The minimum absolute atomic E-state index is 0.0324. The van der Waals surface area contributed by atoms with Crippen molar-refractivity contribution in [3.05, 3.63) is 56.4 Å². The minimum atomic E-state index is -1.68. The highest BCUT2D eigenvalue weighted by Gasteiger charge is 2.53. The molecule has 2 rings (SSSR count). The second kappa shape index (κ2) is 8.17. The van der Waals surface area contributed by atoms with E-state index in [1.807, 2.05) is 0 Å². The summed E-state index contributed by atoms with van der Waals surface area (Å²) >= 11 is 0. The molecule has 0 amide bonds. The molecule has 1 aromatic carbocycles. The Morgan fingerprint density at radius 3 is 1.93 bits per heavy atom. The summed E-state index contributed by atoms with van der Waals surface area (Å²) in [6.45, 7) is 7.03. The SMILES string of the molecule is CCN1C(C)=C(C(=O)O)C(CC)(c2ccc(N(C)C)cc2[N+](=O)[O-])C(C(=O)O)=C1C. The third-order valence-corrected chi connectivity index (χ3v) is 5.82. The molecule has 9 nitrogen and oxygen atoms in total. The van der Waals surface area contributed by atoms with Crippen LogP contribution in [0.5, 0.6) is 0 Å². The van der Waals surface area contributed by atoms with Crippen LogP contribution in [0, 0.1) is 10.1 Å². The summed E-state index contributed by atoms with van der Waals surface area (Å²) in [5.41, 5.74) is -0.939. The van der Waals surface area contributed by atoms with Crippen LogP contribution in [0.15, 0.2) is 40.7 Å². The van der Waals surface area contributed by atoms with E-state index in [9.17, 15) is 29.9 Å². The number of carboxylic acids is 2. The van der Waals surface area contributed by atoms with Crippen LogP contribution in [0.2, 0.25) is 0 Å². The van der Waals surface area contributed by atoms with Crippen LogP contribution in [0.3, 0.4) is 0 Å². The quantitative estimate of drug-likeness (QED) is 0.511. The van der Waals surface area contributed by atoms with Gasteiger partial charge in [-0.3, -0.25) is 10.1 Å². The Bertz CT molecular complexity index is 939. The zero-order valence-corrected chi connectivity index (χ0v) is 18.0. The van der Waals surface area contributed by atoms with Crippen LogP contribution in [0.1, 0.15) is 39.7 Å². The van der Waals surface area contributed by atoms with Crippen LogP contribution in [-0.4, -0.2) is 52.6 Å². The number of anilines is 1. The molecule has 0 radical (unpaired) electrons. The molecule has 30 heavy (non-hydrogen) atoms. The molecule has 0 saturated carbocycles. The molecule has 0 spiro atoms. The monoisotopic (exact) mass is 417 g/mol. The van der Waals surface area contributed by atoms with E-state index in [0.29, 0.717) is 23.6 Å². The van der Waals surface area contributed by atoms with Gasteiger partial charge in [-0.25, -0.2) is 9.59 Å². The first-order valence-electron chi connectivity index (χ1n) is 9.58. The van der Waals surface area contributed by atoms with Crippen molar-refractivity contribution in [1.29, 1.82) is 0 Å². The Balaban J connectivity index is 3.10. The van der Waals surface area contributed by atoms with E-state index in [0.717, 1.165) is 0 Å². The van der Waals surface area contributed by atoms with Gasteiger partial charge in [-0.2, -0.15) is 0 Å². The van der Waals surface area contributed by atoms with Gasteiger partial charge in [0.2, 0.25) is 0 Å². The molecule has 2 N–H and O–H groups in total. The third kappa shape index (κ3) is 3.30. The van der Waals surface area contributed by atoms with Crippen molar-refractivity contribution in [3.63, 3.8) is 0 Å². The van der Waals surface area contributed by atoms with Crippen molar-refractivity contribution in [2.24, 2.45) is 0 Å². The maximum atomic E-state index is 12.4. The first-order chi connectivity index (χ1) is 13.9. The largest absolute Gasteiger partial charge is 0.478 e. The lowest BCUT2D eigenvalue weighted by atomic mass is 9.63. The fourth-order valence-corrected chi connectivity index (χ4v) is 4.54. The molecule has 162 valence electrons. The first-order valence-corrected chi connectivity index (χ1v) is 9.58. The van der Waals surface area contributed by atoms with Crippen LogP contribution in [-0.2, 0) is 15.0 Å². The van der Waals surface area contributed by atoms with Gasteiger partial charge in [0.05, 0.1) is 21.5 Å². The molecule has 1 heterocycles. The molecule has 1 aliphatic heterocycles. The molecule has 0 aliphatic carbocycles. The van der Waals surface area contributed by atoms with Gasteiger partial charge in [-0.15, -0.1) is 0 Å². The van der Waals surface area contributed by atoms with E-state index in [4.69, 9.17) is 0 Å². The standard InChI is InChI=1S/C21H27N3O6/c1-7-21(15-10-9-14(22(5)6)11-16(15)24(29)30)17(19(25)26)12(3)23(8-2)13(4)18(21)20(27)28/h9-11H,7-8H2,1-6H3,(H,25,26)(H,27,28). The lowest BCUT2D eigenvalue weighted by Gasteiger charge is -2.44. The summed E-state index contributed by atoms with van der Waals surface area (Å²) in [6, 6.07) is 4.46. The highest BCUT2D eigenvalue weighted by molar-refractivity contribution is 6.01. The number of allylic oxidation sites excluding steroid dienone is 2. The molecule has 1 aliphatic rings. The average molecular weight is 417 g/mol. The van der Waals surface area contributed by atoms with Gasteiger partial charge < -0.3 is 20.0 Å². The highest BCUT2D eigenvalue weighted by Crippen LogP contribution is 2.52. The number of nitrogens with zero attached hydrogens (tertiary/aromatic N) is 3. The average Bonchev–Trinajstić information content (AvgIpc) is 2.66. The van der Waals surface area contributed by atoms with Crippen molar-refractivity contribution in [2.75, 3.05) is 25.5 Å². The molecule has 0 fully saturated rings. The summed E-state index contributed by atoms with van der Waals surface area (Å²) in [6.07, 6.45) is 0.0324. The highest BCUT2D eigenvalue weighted by atomic mass is 16.6. The lowest BCUT2D eigenvalue weighted by molar-refractivity contribution is -0.385. The molecule has 0 atom stereocenters. The predicted octanol–water partition coefficient (Wildman–Crippen LogP) is 3.36. The Morgan fingerprint density at radius 2 is 1.60 bits per heavy atom. The van der Waals surface area contributed by atoms with Crippen molar-refractivity contribution >= 4 is 23.3 Å². The molecule has 0 bridgehead atoms. The number of aliphatic carboxylic acids is 2. The third-order valence-electron chi connectivity index (χ3n) is 5.82. The summed E-state index contributed by atoms with van der Waals surface area (Å²) in [5.74, 6) is -2.60. The number of rotatable bonds is 7. The van der Waals surface area contributed by atoms with Crippen LogP contribution < -0.4 is 4.90 Å². The second-order valence-corrected chi connectivity index (χ2v) is 7.39. The number of carbonyl (C=O) groups is 2. The molecular formula is C21H27N3O6. The van der Waals surface area contributed by atoms with Crippen molar-refractivity contribution in [1.82, 2.24) is 4.90 Å². The molecule has 0 unspecified atom stereocenters. The fourth-order valence-electron chi connectivity index (χ4n) is 4.54. The Hall–Kier alpha value is -3.36. The Morgan fingerprint density at radius 1 is 1.10 bits per heavy atom. The normalized spacial score (nSPS) is 16.0. The maximum absolute atomic E-state index is 12.4. The van der Waals surface area contributed by atoms with Crippen molar-refractivity contribution in [2.45, 2.75) is 39.5 Å². The van der Waals surface area contributed by atoms with E-state index in [1.54, 1.807) is 57.7 Å². The van der Waals surface area contributed by atoms with Crippen molar-refractivity contribution in [3.8, 4) is 0 Å². The van der Waals surface area contributed by atoms with E-state index < -0.39 is 22.3 Å². The summed E-state index contributed by atoms with van der Waals surface area (Å²) in [5, 5.41) is 32.2. The van der Waals surface area contributed by atoms with Gasteiger partial charge >= 0.3 is 11.9 Å². The molecular weight excluding hydrogens is 390 g/mol. The summed E-state index contributed by atoms with van der Waals surface area (Å²) in [7, 11) is 3.46. The summed E-state index contributed by atoms with van der Waals surface area (Å²) < 4.78 is 0. The van der Waals surface area contributed by atoms with E-state index in [-0.39, 0.29) is 28.8 Å². The van der Waals surface area contributed by atoms with Gasteiger partial charge in [0.15, 0.2) is 0 Å². The maximum Gasteiger partial charge on any atom is 0.334 e. The number of carboxylic acid groups (broad SMARTS) is 2. The summed E-state index contributed by atoms with van der Waals surface area (Å²) in [4.78, 5) is 39.6. The molecule has 0 saturated heterocycles. The number of benzene rings is 1. The molecule has 0 aromatic heterocycles. The topological polar surface area (TPSA) is 124 Å². The molecule has 1 aromatic rings. The van der Waals surface area contributed by atoms with Crippen LogP contribution in [0.4, 0.5) is 11.4 Å². The van der Waals surface area contributed by atoms with Gasteiger partial charge in [-0.1, -0.05) is 6.92 Å². The number of hydrogen-bond acceptors (Lipinski definition) is 6. The lowest BCUT2D eigenvalue weighted by Crippen LogP contribution is -2.45. The smallest absolute Gasteiger partial charge is 0.334 e. The second-order valence-electron chi connectivity index (χ2n) is 7.39. The number of nitro groups is 1. The fraction of sp³-hybridized carbons (Fsp3) is 0.429. The molecule has 9 heteroatoms. The zero-order valence-electron chi connectivity index (χ0n) is 18.0. The van der Waals surface area contributed by atoms with Crippen LogP contribution in [0.25, 0.3) is 0 Å². The van der Waals surface area contributed by atoms with Gasteiger partial charge in [0, 0.05) is 49.4 Å². The van der Waals surface area contributed by atoms with E-state index in [2.05, 4.69) is 0 Å². The van der Waals surface area contributed by atoms with Crippen molar-refractivity contribution < 1.29 is 24.7 Å². The first kappa shape index (κ1) is 22.9.